The molecule has 0 bridgehead atoms. The Morgan fingerprint density at radius 1 is 1.02 bits per heavy atom. The molecule has 1 aromatic heterocycles. The van der Waals surface area contributed by atoms with E-state index in [4.69, 9.17) is 5.26 Å². The average molecular weight is 578 g/mol. The molecule has 0 radical (unpaired) electrons. The highest BCUT2D eigenvalue weighted by Gasteiger charge is 2.49. The number of amides is 1. The summed E-state index contributed by atoms with van der Waals surface area (Å²) < 4.78 is 27.6. The summed E-state index contributed by atoms with van der Waals surface area (Å²) in [5.74, 6) is 0.598. The zero-order valence-electron chi connectivity index (χ0n) is 24.0. The number of nitriles is 1. The minimum atomic E-state index is -3.53. The first-order chi connectivity index (χ1) is 19.9. The molecule has 1 saturated heterocycles. The van der Waals surface area contributed by atoms with Gasteiger partial charge in [-0.3, -0.25) is 9.78 Å². The van der Waals surface area contributed by atoms with Crippen molar-refractivity contribution in [1.29, 1.82) is 5.26 Å². The smallest absolute Gasteiger partial charge is 0.243 e. The molecule has 5 rings (SSSR count). The largest absolute Gasteiger partial charge is 0.373 e. The molecule has 1 amide bonds. The quantitative estimate of drug-likeness (QED) is 0.400. The number of carbonyl (C=O) groups is 1. The van der Waals surface area contributed by atoms with Crippen LogP contribution in [0.4, 0.5) is 5.69 Å². The summed E-state index contributed by atoms with van der Waals surface area (Å²) in [6, 6.07) is 9.93. The van der Waals surface area contributed by atoms with Crippen LogP contribution in [-0.2, 0) is 20.2 Å². The second-order valence-electron chi connectivity index (χ2n) is 12.0. The van der Waals surface area contributed by atoms with Crippen molar-refractivity contribution in [2.24, 2.45) is 5.92 Å². The fourth-order valence-corrected chi connectivity index (χ4v) is 8.58. The number of benzene rings is 1. The van der Waals surface area contributed by atoms with Crippen LogP contribution in [0.2, 0.25) is 0 Å². The lowest BCUT2D eigenvalue weighted by atomic mass is 9.70. The molecule has 2 aliphatic heterocycles. The second-order valence-corrected chi connectivity index (χ2v) is 14.0. The van der Waals surface area contributed by atoms with Crippen LogP contribution in [-0.4, -0.2) is 49.3 Å². The minimum Gasteiger partial charge on any atom is -0.373 e. The third kappa shape index (κ3) is 6.60. The van der Waals surface area contributed by atoms with Crippen molar-refractivity contribution in [2.75, 3.05) is 25.0 Å². The van der Waals surface area contributed by atoms with Crippen molar-refractivity contribution in [1.82, 2.24) is 14.6 Å². The van der Waals surface area contributed by atoms with E-state index in [1.54, 1.807) is 16.4 Å². The zero-order valence-corrected chi connectivity index (χ0v) is 24.8. The van der Waals surface area contributed by atoms with Gasteiger partial charge < -0.3 is 10.6 Å². The monoisotopic (exact) mass is 577 g/mol. The van der Waals surface area contributed by atoms with E-state index in [9.17, 15) is 13.2 Å². The molecule has 9 heteroatoms. The standard InChI is InChI=1S/C32H43N5O3S/c33-23-26-10-12-27(13-11-26)41(39,40)37-21-15-25(16-22-37)9-5-8-19-35-31(38)30-32(17-6-3-1-2-4-7-18-32)28-24-34-20-14-29(28)36-30/h10-14,20,24-25,30,36H,1-9,15-19,21-22H2,(H,35,38). The molecular formula is C32H43N5O3S. The van der Waals surface area contributed by atoms with Crippen LogP contribution in [0.5, 0.6) is 0 Å². The number of sulfonamides is 1. The molecule has 1 unspecified atom stereocenters. The minimum absolute atomic E-state index is 0.0989. The van der Waals surface area contributed by atoms with Gasteiger partial charge in [0.25, 0.3) is 0 Å². The number of hydrogen-bond donors (Lipinski definition) is 2. The summed E-state index contributed by atoms with van der Waals surface area (Å²) in [4.78, 5) is 18.2. The lowest BCUT2D eigenvalue weighted by Crippen LogP contribution is -2.50. The number of unbranched alkanes of at least 4 members (excludes halogenated alkanes) is 1. The number of aromatic nitrogens is 1. The van der Waals surface area contributed by atoms with Gasteiger partial charge in [0.1, 0.15) is 6.04 Å². The van der Waals surface area contributed by atoms with Gasteiger partial charge in [0.2, 0.25) is 15.9 Å². The van der Waals surface area contributed by atoms with Crippen molar-refractivity contribution < 1.29 is 13.2 Å². The summed E-state index contributed by atoms with van der Waals surface area (Å²) in [6.07, 6.45) is 17.8. The number of rotatable bonds is 8. The molecule has 41 heavy (non-hydrogen) atoms. The Hall–Kier alpha value is -2.96. The van der Waals surface area contributed by atoms with Crippen molar-refractivity contribution >= 4 is 21.6 Å². The maximum Gasteiger partial charge on any atom is 0.243 e. The van der Waals surface area contributed by atoms with Gasteiger partial charge in [-0.05, 0) is 68.4 Å². The Morgan fingerprint density at radius 2 is 1.71 bits per heavy atom. The van der Waals surface area contributed by atoms with Crippen LogP contribution in [0.3, 0.4) is 0 Å². The molecule has 2 fully saturated rings. The van der Waals surface area contributed by atoms with Crippen LogP contribution in [0.15, 0.2) is 47.6 Å². The highest BCUT2D eigenvalue weighted by atomic mass is 32.2. The molecule has 1 aromatic carbocycles. The second kappa shape index (κ2) is 13.3. The summed E-state index contributed by atoms with van der Waals surface area (Å²) in [6.45, 7) is 1.71. The number of pyridine rings is 1. The number of anilines is 1. The van der Waals surface area contributed by atoms with Gasteiger partial charge in [0.15, 0.2) is 0 Å². The number of carbonyl (C=O) groups excluding carboxylic acids is 1. The van der Waals surface area contributed by atoms with E-state index in [2.05, 4.69) is 15.6 Å². The van der Waals surface area contributed by atoms with Crippen LogP contribution in [0.25, 0.3) is 0 Å². The molecule has 1 aliphatic carbocycles. The van der Waals surface area contributed by atoms with Gasteiger partial charge >= 0.3 is 0 Å². The molecule has 1 atom stereocenters. The zero-order chi connectivity index (χ0) is 28.7. The van der Waals surface area contributed by atoms with E-state index in [1.165, 1.54) is 43.4 Å². The van der Waals surface area contributed by atoms with E-state index in [1.807, 2.05) is 24.5 Å². The third-order valence-electron chi connectivity index (χ3n) is 9.50. The van der Waals surface area contributed by atoms with Gasteiger partial charge in [0, 0.05) is 48.7 Å². The van der Waals surface area contributed by atoms with E-state index in [0.29, 0.717) is 31.1 Å². The SMILES string of the molecule is N#Cc1ccc(S(=O)(=O)N2CCC(CCCCNC(=O)C3Nc4ccncc4C34CCCCCCCC4)CC2)cc1. The fraction of sp³-hybridized carbons (Fsp3) is 0.594. The molecule has 2 aromatic rings. The summed E-state index contributed by atoms with van der Waals surface area (Å²) in [5, 5.41) is 15.8. The van der Waals surface area contributed by atoms with Gasteiger partial charge in [-0.2, -0.15) is 9.57 Å². The topological polar surface area (TPSA) is 115 Å². The number of nitrogens with zero attached hydrogens (tertiary/aromatic N) is 3. The van der Waals surface area contributed by atoms with Crippen molar-refractivity contribution in [3.05, 3.63) is 53.9 Å². The summed E-state index contributed by atoms with van der Waals surface area (Å²) in [7, 11) is -3.53. The first-order valence-electron chi connectivity index (χ1n) is 15.4. The van der Waals surface area contributed by atoms with Crippen molar-refractivity contribution in [3.63, 3.8) is 0 Å². The molecule has 2 N–H and O–H groups in total. The third-order valence-corrected chi connectivity index (χ3v) is 11.4. The lowest BCUT2D eigenvalue weighted by molar-refractivity contribution is -0.123. The summed E-state index contributed by atoms with van der Waals surface area (Å²) >= 11 is 0. The van der Waals surface area contributed by atoms with Crippen molar-refractivity contribution in [3.8, 4) is 6.07 Å². The van der Waals surface area contributed by atoms with Gasteiger partial charge in [-0.1, -0.05) is 51.4 Å². The first kappa shape index (κ1) is 29.5. The van der Waals surface area contributed by atoms with Crippen LogP contribution in [0, 0.1) is 17.2 Å². The van der Waals surface area contributed by atoms with E-state index in [-0.39, 0.29) is 22.3 Å². The van der Waals surface area contributed by atoms with Gasteiger partial charge in [0.05, 0.1) is 16.5 Å². The molecule has 220 valence electrons. The Kier molecular flexibility index (Phi) is 9.61. The predicted octanol–water partition coefficient (Wildman–Crippen LogP) is 5.51. The normalized spacial score (nSPS) is 21.6. The Morgan fingerprint density at radius 3 is 2.39 bits per heavy atom. The summed E-state index contributed by atoms with van der Waals surface area (Å²) in [5.41, 5.74) is 2.56. The van der Waals surface area contributed by atoms with Gasteiger partial charge in [-0.25, -0.2) is 8.42 Å². The first-order valence-corrected chi connectivity index (χ1v) is 16.9. The molecule has 1 spiro atoms. The Bertz CT molecular complexity index is 1320. The Labute approximate surface area is 245 Å². The predicted molar refractivity (Wildman–Crippen MR) is 160 cm³/mol. The molecule has 1 saturated carbocycles. The van der Waals surface area contributed by atoms with Crippen LogP contribution < -0.4 is 10.6 Å². The van der Waals surface area contributed by atoms with Crippen LogP contribution >= 0.6 is 0 Å². The molecule has 3 heterocycles. The number of fused-ring (bicyclic) bond motifs is 2. The van der Waals surface area contributed by atoms with Crippen LogP contribution in [0.1, 0.15) is 94.6 Å². The maximum absolute atomic E-state index is 13.5. The highest BCUT2D eigenvalue weighted by Crippen LogP contribution is 2.48. The number of piperidine rings is 1. The van der Waals surface area contributed by atoms with Gasteiger partial charge in [-0.15, -0.1) is 0 Å². The van der Waals surface area contributed by atoms with Crippen molar-refractivity contribution in [2.45, 2.75) is 99.8 Å². The van der Waals surface area contributed by atoms with E-state index in [0.717, 1.165) is 63.5 Å². The molecule has 8 nitrogen and oxygen atoms in total. The maximum atomic E-state index is 13.5. The fourth-order valence-electron chi connectivity index (χ4n) is 7.11. The highest BCUT2D eigenvalue weighted by molar-refractivity contribution is 7.89. The molecular weight excluding hydrogens is 534 g/mol. The lowest BCUT2D eigenvalue weighted by Gasteiger charge is -2.35. The molecule has 3 aliphatic rings. The van der Waals surface area contributed by atoms with E-state index < -0.39 is 10.0 Å². The average Bonchev–Trinajstić information content (AvgIpc) is 3.38. The number of nitrogens with one attached hydrogen (secondary N) is 2. The van der Waals surface area contributed by atoms with E-state index >= 15 is 0 Å². The number of hydrogen-bond acceptors (Lipinski definition) is 6. The Balaban J connectivity index is 1.08.